The van der Waals surface area contributed by atoms with Gasteiger partial charge in [0.2, 0.25) is 17.6 Å². The molecule has 4 aromatic rings. The van der Waals surface area contributed by atoms with Crippen molar-refractivity contribution in [3.05, 3.63) is 65.9 Å². The maximum Gasteiger partial charge on any atom is 0.256 e. The number of carbonyl (C=O) groups is 1. The normalized spacial score (nSPS) is 18.1. The molecule has 1 saturated carbocycles. The predicted octanol–water partition coefficient (Wildman–Crippen LogP) is 4.32. The Hall–Kier alpha value is -4.08. The fraction of sp³-hybridized carbons (Fsp3) is 0.385. The van der Waals surface area contributed by atoms with Crippen LogP contribution in [0.1, 0.15) is 66.4 Å². The molecule has 3 aromatic heterocycles. The van der Waals surface area contributed by atoms with Gasteiger partial charge in [0.25, 0.3) is 5.91 Å². The van der Waals surface area contributed by atoms with Crippen LogP contribution in [0, 0.1) is 6.92 Å². The number of likely N-dealkylation sites (tertiary alicyclic amines) is 1. The Morgan fingerprint density at radius 3 is 2.72 bits per heavy atom. The zero-order valence-corrected chi connectivity index (χ0v) is 20.1. The Labute approximate surface area is 208 Å². The molecule has 1 atom stereocenters. The predicted molar refractivity (Wildman–Crippen MR) is 130 cm³/mol. The maximum absolute atomic E-state index is 13.8. The van der Waals surface area contributed by atoms with Crippen molar-refractivity contribution < 1.29 is 14.1 Å². The number of aromatic nitrogens is 6. The highest BCUT2D eigenvalue weighted by Crippen LogP contribution is 2.36. The maximum atomic E-state index is 13.8. The van der Waals surface area contributed by atoms with E-state index in [0.717, 1.165) is 31.2 Å². The van der Waals surface area contributed by atoms with Crippen LogP contribution >= 0.6 is 0 Å². The number of hydrogen-bond donors (Lipinski definition) is 0. The Bertz CT molecular complexity index is 1360. The van der Waals surface area contributed by atoms with Gasteiger partial charge in [0.1, 0.15) is 12.1 Å². The lowest BCUT2D eigenvalue weighted by molar-refractivity contribution is 0.0709. The van der Waals surface area contributed by atoms with Crippen molar-refractivity contribution in [1.29, 1.82) is 0 Å². The zero-order valence-electron chi connectivity index (χ0n) is 20.1. The second kappa shape index (κ2) is 9.52. The van der Waals surface area contributed by atoms with Crippen LogP contribution in [-0.2, 0) is 0 Å². The Morgan fingerprint density at radius 2 is 1.89 bits per heavy atom. The van der Waals surface area contributed by atoms with Gasteiger partial charge in [-0.2, -0.15) is 20.0 Å². The second-order valence-corrected chi connectivity index (χ2v) is 9.33. The lowest BCUT2D eigenvalue weighted by Gasteiger charge is -2.23. The topological polar surface area (TPSA) is 112 Å². The summed E-state index contributed by atoms with van der Waals surface area (Å²) in [4.78, 5) is 26.2. The second-order valence-electron chi connectivity index (χ2n) is 9.33. The first-order chi connectivity index (χ1) is 17.7. The molecule has 1 aliphatic carbocycles. The molecular formula is C26H27N7O3. The van der Waals surface area contributed by atoms with E-state index in [9.17, 15) is 4.79 Å². The average molecular weight is 486 g/mol. The molecule has 2 aliphatic rings. The van der Waals surface area contributed by atoms with Gasteiger partial charge in [-0.3, -0.25) is 4.79 Å². The van der Waals surface area contributed by atoms with Crippen molar-refractivity contribution in [2.75, 3.05) is 6.54 Å². The summed E-state index contributed by atoms with van der Waals surface area (Å²) in [5, 5.41) is 12.7. The van der Waals surface area contributed by atoms with Gasteiger partial charge in [0.05, 0.1) is 29.2 Å². The number of amides is 1. The summed E-state index contributed by atoms with van der Waals surface area (Å²) in [6, 6.07) is 9.10. The molecule has 2 fully saturated rings. The molecule has 184 valence electrons. The quantitative estimate of drug-likeness (QED) is 0.397. The van der Waals surface area contributed by atoms with Gasteiger partial charge in [-0.15, -0.1) is 0 Å². The molecule has 0 N–H and O–H groups in total. The van der Waals surface area contributed by atoms with E-state index in [2.05, 4.69) is 20.3 Å². The third-order valence-corrected chi connectivity index (χ3v) is 6.85. The van der Waals surface area contributed by atoms with E-state index in [-0.39, 0.29) is 18.1 Å². The molecule has 0 spiro atoms. The van der Waals surface area contributed by atoms with Gasteiger partial charge in [-0.05, 0) is 69.7 Å². The number of carbonyl (C=O) groups excluding carboxylic acids is 1. The van der Waals surface area contributed by atoms with E-state index in [1.165, 1.54) is 17.6 Å². The van der Waals surface area contributed by atoms with Gasteiger partial charge < -0.3 is 14.2 Å². The SMILES string of the molecule is Cc1ccc(-n2nccn2)c(C(=O)N2CCCC2c2nc(-c3cccnc3OC3CCCC3)no2)c1. The summed E-state index contributed by atoms with van der Waals surface area (Å²) < 4.78 is 11.9. The lowest BCUT2D eigenvalue weighted by Crippen LogP contribution is -2.31. The smallest absolute Gasteiger partial charge is 0.256 e. The molecule has 0 radical (unpaired) electrons. The fourth-order valence-corrected chi connectivity index (χ4v) is 5.06. The van der Waals surface area contributed by atoms with Gasteiger partial charge in [0.15, 0.2) is 0 Å². The summed E-state index contributed by atoms with van der Waals surface area (Å²) in [5.41, 5.74) is 2.85. The van der Waals surface area contributed by atoms with Crippen molar-refractivity contribution in [2.24, 2.45) is 0 Å². The van der Waals surface area contributed by atoms with Gasteiger partial charge in [-0.25, -0.2) is 4.98 Å². The van der Waals surface area contributed by atoms with Crippen molar-refractivity contribution >= 4 is 5.91 Å². The molecule has 1 unspecified atom stereocenters. The minimum absolute atomic E-state index is 0.111. The molecule has 36 heavy (non-hydrogen) atoms. The Balaban J connectivity index is 1.28. The monoisotopic (exact) mass is 485 g/mol. The Kier molecular flexibility index (Phi) is 5.92. The number of ether oxygens (including phenoxy) is 1. The molecule has 1 aromatic carbocycles. The minimum atomic E-state index is -0.312. The van der Waals surface area contributed by atoms with E-state index in [1.54, 1.807) is 23.5 Å². The Morgan fingerprint density at radius 1 is 1.06 bits per heavy atom. The van der Waals surface area contributed by atoms with Crippen molar-refractivity contribution in [3.8, 4) is 23.0 Å². The number of benzene rings is 1. The highest BCUT2D eigenvalue weighted by Gasteiger charge is 2.36. The van der Waals surface area contributed by atoms with E-state index >= 15 is 0 Å². The summed E-state index contributed by atoms with van der Waals surface area (Å²) in [6.07, 6.45) is 11.1. The highest BCUT2D eigenvalue weighted by atomic mass is 16.5. The van der Waals surface area contributed by atoms with Crippen LogP contribution in [-0.4, -0.2) is 53.6 Å². The van der Waals surface area contributed by atoms with E-state index in [1.807, 2.05) is 37.3 Å². The largest absolute Gasteiger partial charge is 0.474 e. The van der Waals surface area contributed by atoms with Gasteiger partial charge in [0, 0.05) is 12.7 Å². The summed E-state index contributed by atoms with van der Waals surface area (Å²) >= 11 is 0. The van der Waals surface area contributed by atoms with Crippen LogP contribution in [0.5, 0.6) is 5.88 Å². The van der Waals surface area contributed by atoms with Crippen LogP contribution in [0.2, 0.25) is 0 Å². The summed E-state index contributed by atoms with van der Waals surface area (Å²) in [6.45, 7) is 2.56. The third-order valence-electron chi connectivity index (χ3n) is 6.85. The van der Waals surface area contributed by atoms with Crippen LogP contribution in [0.3, 0.4) is 0 Å². The van der Waals surface area contributed by atoms with E-state index < -0.39 is 0 Å². The molecule has 4 heterocycles. The first-order valence-electron chi connectivity index (χ1n) is 12.4. The van der Waals surface area contributed by atoms with Crippen molar-refractivity contribution in [2.45, 2.75) is 57.6 Å². The van der Waals surface area contributed by atoms with E-state index in [0.29, 0.717) is 41.0 Å². The van der Waals surface area contributed by atoms with Crippen LogP contribution in [0.4, 0.5) is 0 Å². The fourth-order valence-electron chi connectivity index (χ4n) is 5.06. The van der Waals surface area contributed by atoms with Gasteiger partial charge in [-0.1, -0.05) is 16.8 Å². The number of nitrogens with zero attached hydrogens (tertiary/aromatic N) is 7. The summed E-state index contributed by atoms with van der Waals surface area (Å²) in [5.74, 6) is 1.24. The number of pyridine rings is 1. The molecule has 10 heteroatoms. The van der Waals surface area contributed by atoms with Crippen molar-refractivity contribution in [3.63, 3.8) is 0 Å². The molecule has 6 rings (SSSR count). The average Bonchev–Trinajstić information content (AvgIpc) is 3.70. The molecular weight excluding hydrogens is 458 g/mol. The first-order valence-corrected chi connectivity index (χ1v) is 12.4. The number of aryl methyl sites for hydroxylation is 1. The number of hydrogen-bond acceptors (Lipinski definition) is 8. The molecule has 10 nitrogen and oxygen atoms in total. The first kappa shape index (κ1) is 22.4. The minimum Gasteiger partial charge on any atom is -0.474 e. The third kappa shape index (κ3) is 4.23. The standard InChI is InChI=1S/C26H27N7O3/c1-17-10-11-21(33-28-13-14-29-33)20(16-17)26(34)32-15-5-9-22(32)25-30-23(31-36-25)19-8-4-12-27-24(19)35-18-6-2-3-7-18/h4,8,10-14,16,18,22H,2-3,5-7,9,15H2,1H3. The molecule has 0 bridgehead atoms. The van der Waals surface area contributed by atoms with Crippen LogP contribution in [0.25, 0.3) is 17.1 Å². The molecule has 1 saturated heterocycles. The zero-order chi connectivity index (χ0) is 24.5. The van der Waals surface area contributed by atoms with Crippen molar-refractivity contribution in [1.82, 2.24) is 35.0 Å². The van der Waals surface area contributed by atoms with Crippen LogP contribution in [0.15, 0.2) is 53.4 Å². The van der Waals surface area contributed by atoms with E-state index in [4.69, 9.17) is 14.2 Å². The van der Waals surface area contributed by atoms with Gasteiger partial charge >= 0.3 is 0 Å². The summed E-state index contributed by atoms with van der Waals surface area (Å²) in [7, 11) is 0. The number of rotatable bonds is 6. The van der Waals surface area contributed by atoms with Crippen LogP contribution < -0.4 is 4.74 Å². The molecule has 1 aliphatic heterocycles. The highest BCUT2D eigenvalue weighted by molar-refractivity contribution is 5.98. The lowest BCUT2D eigenvalue weighted by atomic mass is 10.1. The molecule has 1 amide bonds.